The largest absolute Gasteiger partial charge is 0.492 e. The van der Waals surface area contributed by atoms with E-state index in [4.69, 9.17) is 4.74 Å². The molecule has 144 valence electrons. The Labute approximate surface area is 159 Å². The van der Waals surface area contributed by atoms with E-state index in [1.165, 1.54) is 12.1 Å². The number of nitrogens with one attached hydrogen (secondary N) is 1. The normalized spacial score (nSPS) is 10.6. The molecule has 2 rings (SSSR count). The SMILES string of the molecule is CCCN(CCOc1cccc([N+](=O)[O-])c1)CC(=O)Nc1ccccc1C. The molecule has 0 aliphatic rings. The van der Waals surface area contributed by atoms with Gasteiger partial charge in [0, 0.05) is 18.3 Å². The fourth-order valence-corrected chi connectivity index (χ4v) is 2.67. The maximum absolute atomic E-state index is 12.3. The summed E-state index contributed by atoms with van der Waals surface area (Å²) < 4.78 is 5.61. The van der Waals surface area contributed by atoms with Gasteiger partial charge in [-0.25, -0.2) is 0 Å². The Kier molecular flexibility index (Phi) is 7.76. The zero-order valence-electron chi connectivity index (χ0n) is 15.7. The molecule has 27 heavy (non-hydrogen) atoms. The lowest BCUT2D eigenvalue weighted by Crippen LogP contribution is -2.36. The van der Waals surface area contributed by atoms with Crippen LogP contribution in [0.25, 0.3) is 0 Å². The third kappa shape index (κ3) is 6.71. The molecule has 2 aromatic carbocycles. The molecule has 0 saturated carbocycles. The molecule has 0 spiro atoms. The molecule has 0 aromatic heterocycles. The Morgan fingerprint density at radius 3 is 2.67 bits per heavy atom. The second-order valence-corrected chi connectivity index (χ2v) is 6.24. The van der Waals surface area contributed by atoms with Crippen molar-refractivity contribution in [2.45, 2.75) is 20.3 Å². The van der Waals surface area contributed by atoms with E-state index in [9.17, 15) is 14.9 Å². The Hall–Kier alpha value is -2.93. The zero-order valence-corrected chi connectivity index (χ0v) is 15.7. The Balaban J connectivity index is 1.86. The summed E-state index contributed by atoms with van der Waals surface area (Å²) in [4.78, 5) is 24.7. The molecule has 1 N–H and O–H groups in total. The second kappa shape index (κ2) is 10.3. The number of nitro groups is 1. The summed E-state index contributed by atoms with van der Waals surface area (Å²) >= 11 is 0. The van der Waals surface area contributed by atoms with Crippen molar-refractivity contribution in [2.75, 3.05) is 31.6 Å². The van der Waals surface area contributed by atoms with Crippen molar-refractivity contribution in [2.24, 2.45) is 0 Å². The van der Waals surface area contributed by atoms with E-state index in [0.717, 1.165) is 24.2 Å². The first-order valence-corrected chi connectivity index (χ1v) is 8.94. The number of aryl methyl sites for hydroxylation is 1. The predicted octanol–water partition coefficient (Wildman–Crippen LogP) is 3.63. The Bertz CT molecular complexity index is 779. The van der Waals surface area contributed by atoms with Crippen LogP contribution >= 0.6 is 0 Å². The molecule has 0 aliphatic carbocycles. The van der Waals surface area contributed by atoms with Gasteiger partial charge in [-0.05, 0) is 37.6 Å². The molecule has 0 aliphatic heterocycles. The number of amides is 1. The van der Waals surface area contributed by atoms with E-state index in [0.29, 0.717) is 18.9 Å². The molecule has 0 saturated heterocycles. The van der Waals surface area contributed by atoms with Crippen LogP contribution in [0.2, 0.25) is 0 Å². The summed E-state index contributed by atoms with van der Waals surface area (Å²) in [6, 6.07) is 13.7. The molecule has 7 heteroatoms. The van der Waals surface area contributed by atoms with Crippen molar-refractivity contribution >= 4 is 17.3 Å². The van der Waals surface area contributed by atoms with Crippen LogP contribution in [-0.2, 0) is 4.79 Å². The average Bonchev–Trinajstić information content (AvgIpc) is 2.64. The van der Waals surface area contributed by atoms with Gasteiger partial charge in [0.05, 0.1) is 17.5 Å². The lowest BCUT2D eigenvalue weighted by molar-refractivity contribution is -0.384. The van der Waals surface area contributed by atoms with Gasteiger partial charge in [-0.2, -0.15) is 0 Å². The number of carbonyl (C=O) groups excluding carboxylic acids is 1. The highest BCUT2D eigenvalue weighted by atomic mass is 16.6. The fraction of sp³-hybridized carbons (Fsp3) is 0.350. The van der Waals surface area contributed by atoms with Crippen LogP contribution in [0.5, 0.6) is 5.75 Å². The molecule has 2 aromatic rings. The second-order valence-electron chi connectivity index (χ2n) is 6.24. The first kappa shape index (κ1) is 20.4. The molecule has 7 nitrogen and oxygen atoms in total. The van der Waals surface area contributed by atoms with E-state index in [-0.39, 0.29) is 18.1 Å². The summed E-state index contributed by atoms with van der Waals surface area (Å²) in [7, 11) is 0. The number of para-hydroxylation sites is 1. The first-order chi connectivity index (χ1) is 13.0. The third-order valence-electron chi connectivity index (χ3n) is 4.03. The van der Waals surface area contributed by atoms with Gasteiger partial charge in [0.2, 0.25) is 5.91 Å². The number of ether oxygens (including phenoxy) is 1. The minimum Gasteiger partial charge on any atom is -0.492 e. The number of hydrogen-bond acceptors (Lipinski definition) is 5. The number of anilines is 1. The lowest BCUT2D eigenvalue weighted by Gasteiger charge is -2.21. The van der Waals surface area contributed by atoms with Crippen LogP contribution in [0, 0.1) is 17.0 Å². The standard InChI is InChI=1S/C20H25N3O4/c1-3-11-22(15-20(24)21-19-10-5-4-7-16(19)2)12-13-27-18-9-6-8-17(14-18)23(25)26/h4-10,14H,3,11-13,15H2,1-2H3,(H,21,24). The Morgan fingerprint density at radius 1 is 1.19 bits per heavy atom. The van der Waals surface area contributed by atoms with Crippen LogP contribution in [0.15, 0.2) is 48.5 Å². The van der Waals surface area contributed by atoms with Gasteiger partial charge in [-0.1, -0.05) is 31.2 Å². The maximum atomic E-state index is 12.3. The monoisotopic (exact) mass is 371 g/mol. The topological polar surface area (TPSA) is 84.7 Å². The highest BCUT2D eigenvalue weighted by molar-refractivity contribution is 5.92. The number of rotatable bonds is 10. The number of non-ortho nitro benzene ring substituents is 1. The molecule has 0 unspecified atom stereocenters. The molecule has 0 fully saturated rings. The minimum atomic E-state index is -0.452. The van der Waals surface area contributed by atoms with E-state index < -0.39 is 4.92 Å². The summed E-state index contributed by atoms with van der Waals surface area (Å²) in [6.45, 7) is 5.93. The molecule has 0 radical (unpaired) electrons. The molecular weight excluding hydrogens is 346 g/mol. The highest BCUT2D eigenvalue weighted by Crippen LogP contribution is 2.19. The van der Waals surface area contributed by atoms with Gasteiger partial charge in [0.25, 0.3) is 5.69 Å². The predicted molar refractivity (Wildman–Crippen MR) is 105 cm³/mol. The number of hydrogen-bond donors (Lipinski definition) is 1. The Morgan fingerprint density at radius 2 is 1.96 bits per heavy atom. The summed E-state index contributed by atoms with van der Waals surface area (Å²) in [5, 5.41) is 13.7. The highest BCUT2D eigenvalue weighted by Gasteiger charge is 2.12. The number of nitrogens with zero attached hydrogens (tertiary/aromatic N) is 2. The molecule has 0 heterocycles. The molecule has 0 bridgehead atoms. The van der Waals surface area contributed by atoms with E-state index in [2.05, 4.69) is 5.32 Å². The van der Waals surface area contributed by atoms with Crippen LogP contribution in [0.1, 0.15) is 18.9 Å². The van der Waals surface area contributed by atoms with Crippen molar-refractivity contribution in [1.29, 1.82) is 0 Å². The fourth-order valence-electron chi connectivity index (χ4n) is 2.67. The van der Waals surface area contributed by atoms with Crippen molar-refractivity contribution in [3.05, 3.63) is 64.2 Å². The van der Waals surface area contributed by atoms with Gasteiger partial charge in [0.1, 0.15) is 12.4 Å². The van der Waals surface area contributed by atoms with Crippen molar-refractivity contribution in [1.82, 2.24) is 4.90 Å². The maximum Gasteiger partial charge on any atom is 0.273 e. The van der Waals surface area contributed by atoms with E-state index in [1.807, 2.05) is 43.0 Å². The van der Waals surface area contributed by atoms with Crippen molar-refractivity contribution < 1.29 is 14.5 Å². The van der Waals surface area contributed by atoms with Crippen LogP contribution in [-0.4, -0.2) is 42.0 Å². The van der Waals surface area contributed by atoms with Crippen LogP contribution in [0.4, 0.5) is 11.4 Å². The molecule has 0 atom stereocenters. The van der Waals surface area contributed by atoms with Crippen molar-refractivity contribution in [3.8, 4) is 5.75 Å². The lowest BCUT2D eigenvalue weighted by atomic mass is 10.2. The van der Waals surface area contributed by atoms with Gasteiger partial charge in [0.15, 0.2) is 0 Å². The van der Waals surface area contributed by atoms with Gasteiger partial charge >= 0.3 is 0 Å². The van der Waals surface area contributed by atoms with Gasteiger partial charge in [-0.3, -0.25) is 19.8 Å². The number of benzene rings is 2. The van der Waals surface area contributed by atoms with Crippen molar-refractivity contribution in [3.63, 3.8) is 0 Å². The molecule has 1 amide bonds. The number of carbonyl (C=O) groups is 1. The van der Waals surface area contributed by atoms with Gasteiger partial charge in [-0.15, -0.1) is 0 Å². The quantitative estimate of drug-likeness (QED) is 0.509. The first-order valence-electron chi connectivity index (χ1n) is 8.94. The van der Waals surface area contributed by atoms with Gasteiger partial charge < -0.3 is 10.1 Å². The zero-order chi connectivity index (χ0) is 19.6. The minimum absolute atomic E-state index is 0.00415. The average molecular weight is 371 g/mol. The van der Waals surface area contributed by atoms with Crippen LogP contribution in [0.3, 0.4) is 0 Å². The van der Waals surface area contributed by atoms with E-state index >= 15 is 0 Å². The summed E-state index contributed by atoms with van der Waals surface area (Å²) in [5.41, 5.74) is 1.82. The smallest absolute Gasteiger partial charge is 0.273 e. The van der Waals surface area contributed by atoms with E-state index in [1.54, 1.807) is 12.1 Å². The summed E-state index contributed by atoms with van der Waals surface area (Å²) in [6.07, 6.45) is 0.911. The third-order valence-corrected chi connectivity index (χ3v) is 4.03. The number of nitro benzene ring substituents is 1. The van der Waals surface area contributed by atoms with Crippen LogP contribution < -0.4 is 10.1 Å². The summed E-state index contributed by atoms with van der Waals surface area (Å²) in [5.74, 6) is 0.373. The molecular formula is C20H25N3O4.